The largest absolute Gasteiger partial charge is 0.497 e. The average molecular weight is 280 g/mol. The maximum absolute atomic E-state index is 12.6. The maximum atomic E-state index is 12.6. The van der Waals surface area contributed by atoms with Crippen molar-refractivity contribution in [1.82, 2.24) is 4.90 Å². The van der Waals surface area contributed by atoms with Crippen molar-refractivity contribution in [3.05, 3.63) is 65.7 Å². The molecule has 0 N–H and O–H groups in total. The molecule has 21 heavy (non-hydrogen) atoms. The Kier molecular flexibility index (Phi) is 3.69. The van der Waals surface area contributed by atoms with E-state index in [1.54, 1.807) is 36.3 Å². The monoisotopic (exact) mass is 280 g/mol. The van der Waals surface area contributed by atoms with E-state index in [0.29, 0.717) is 18.7 Å². The lowest BCUT2D eigenvalue weighted by Crippen LogP contribution is -2.34. The number of hydrogen-bond acceptors (Lipinski definition) is 3. The Hall–Kier alpha value is -2.62. The molecule has 4 heteroatoms. The van der Waals surface area contributed by atoms with Gasteiger partial charge in [-0.1, -0.05) is 30.3 Å². The second-order valence-electron chi connectivity index (χ2n) is 4.76. The molecule has 0 radical (unpaired) electrons. The first kappa shape index (κ1) is 13.4. The summed E-state index contributed by atoms with van der Waals surface area (Å²) < 4.78 is 5.12. The van der Waals surface area contributed by atoms with Gasteiger partial charge in [0.15, 0.2) is 0 Å². The summed E-state index contributed by atoms with van der Waals surface area (Å²) >= 11 is 0. The minimum absolute atomic E-state index is 0.0299. The molecule has 0 aromatic heterocycles. The van der Waals surface area contributed by atoms with Gasteiger partial charge < -0.3 is 4.74 Å². The summed E-state index contributed by atoms with van der Waals surface area (Å²) in [5.74, 6) is 1.46. The molecule has 1 heterocycles. The topological polar surface area (TPSA) is 41.9 Å². The van der Waals surface area contributed by atoms with Gasteiger partial charge in [-0.15, -0.1) is 0 Å². The molecular formula is C17H16N2O2. The Morgan fingerprint density at radius 1 is 1.10 bits per heavy atom. The van der Waals surface area contributed by atoms with Crippen LogP contribution in [0.2, 0.25) is 0 Å². The van der Waals surface area contributed by atoms with E-state index < -0.39 is 0 Å². The van der Waals surface area contributed by atoms with E-state index >= 15 is 0 Å². The molecule has 0 fully saturated rings. The molecule has 0 bridgehead atoms. The number of methoxy groups -OCH3 is 1. The zero-order chi connectivity index (χ0) is 14.7. The van der Waals surface area contributed by atoms with Crippen LogP contribution in [-0.2, 0) is 0 Å². The number of carbonyl (C=O) groups excluding carboxylic acids is 1. The quantitative estimate of drug-likeness (QED) is 0.867. The van der Waals surface area contributed by atoms with Gasteiger partial charge in [-0.25, -0.2) is 0 Å². The highest BCUT2D eigenvalue weighted by atomic mass is 16.5. The van der Waals surface area contributed by atoms with Gasteiger partial charge in [0, 0.05) is 17.7 Å². The Bertz CT molecular complexity index is 663. The number of nitrogens with zero attached hydrogens (tertiary/aromatic N) is 2. The average Bonchev–Trinajstić information content (AvgIpc) is 3.04. The maximum Gasteiger partial charge on any atom is 0.259 e. The number of carbonyl (C=O) groups is 1. The molecule has 4 nitrogen and oxygen atoms in total. The second-order valence-corrected chi connectivity index (χ2v) is 4.76. The van der Waals surface area contributed by atoms with Gasteiger partial charge in [0.1, 0.15) is 11.6 Å². The number of rotatable bonds is 3. The Balaban J connectivity index is 1.85. The fraction of sp³-hybridized carbons (Fsp3) is 0.176. The van der Waals surface area contributed by atoms with E-state index in [-0.39, 0.29) is 5.91 Å². The van der Waals surface area contributed by atoms with E-state index in [9.17, 15) is 4.79 Å². The number of ether oxygens (including phenoxy) is 1. The highest BCUT2D eigenvalue weighted by Crippen LogP contribution is 2.17. The summed E-state index contributed by atoms with van der Waals surface area (Å²) in [6, 6.07) is 16.9. The number of benzene rings is 2. The van der Waals surface area contributed by atoms with Crippen LogP contribution < -0.4 is 4.74 Å². The van der Waals surface area contributed by atoms with Gasteiger partial charge in [0.2, 0.25) is 0 Å². The Morgan fingerprint density at radius 2 is 1.81 bits per heavy atom. The fourth-order valence-electron chi connectivity index (χ4n) is 2.37. The van der Waals surface area contributed by atoms with Crippen molar-refractivity contribution < 1.29 is 9.53 Å². The summed E-state index contributed by atoms with van der Waals surface area (Å²) in [5, 5.41) is 0. The summed E-state index contributed by atoms with van der Waals surface area (Å²) in [7, 11) is 1.61. The third kappa shape index (κ3) is 2.65. The van der Waals surface area contributed by atoms with E-state index in [4.69, 9.17) is 4.74 Å². The van der Waals surface area contributed by atoms with Crippen molar-refractivity contribution in [3.8, 4) is 5.75 Å². The van der Waals surface area contributed by atoms with E-state index in [1.165, 1.54) is 0 Å². The molecule has 0 atom stereocenters. The van der Waals surface area contributed by atoms with Crippen LogP contribution in [0.5, 0.6) is 5.75 Å². The lowest BCUT2D eigenvalue weighted by Gasteiger charge is -2.18. The van der Waals surface area contributed by atoms with Gasteiger partial charge in [0.25, 0.3) is 5.91 Å². The lowest BCUT2D eigenvalue weighted by molar-refractivity contribution is 0.0858. The molecule has 0 spiro atoms. The first-order chi connectivity index (χ1) is 10.3. The molecule has 3 rings (SSSR count). The van der Waals surface area contributed by atoms with Crippen LogP contribution in [0.3, 0.4) is 0 Å². The van der Waals surface area contributed by atoms with Crippen LogP contribution in [0.25, 0.3) is 0 Å². The van der Waals surface area contributed by atoms with Gasteiger partial charge in [-0.05, 0) is 24.3 Å². The third-order valence-corrected chi connectivity index (χ3v) is 3.45. The molecule has 1 amide bonds. The molecule has 0 saturated carbocycles. The van der Waals surface area contributed by atoms with Crippen molar-refractivity contribution in [3.63, 3.8) is 0 Å². The highest BCUT2D eigenvalue weighted by Gasteiger charge is 2.25. The standard InChI is InChI=1S/C17H16N2O2/c1-21-15-9-7-14(8-10-15)17(20)19-12-11-18-16(19)13-5-3-2-4-6-13/h2-10H,11-12H2,1H3. The fourth-order valence-corrected chi connectivity index (χ4v) is 2.37. The number of amidine groups is 1. The Labute approximate surface area is 123 Å². The minimum atomic E-state index is -0.0299. The van der Waals surface area contributed by atoms with Crippen LogP contribution in [0.4, 0.5) is 0 Å². The van der Waals surface area contributed by atoms with Crippen molar-refractivity contribution in [2.24, 2.45) is 4.99 Å². The highest BCUT2D eigenvalue weighted by molar-refractivity contribution is 6.13. The van der Waals surface area contributed by atoms with Crippen LogP contribution in [-0.4, -0.2) is 36.8 Å². The van der Waals surface area contributed by atoms with Gasteiger partial charge >= 0.3 is 0 Å². The number of aliphatic imine (C=N–C) groups is 1. The lowest BCUT2D eigenvalue weighted by atomic mass is 10.1. The summed E-state index contributed by atoms with van der Waals surface area (Å²) in [4.78, 5) is 18.8. The predicted octanol–water partition coefficient (Wildman–Crippen LogP) is 2.60. The number of hydrogen-bond donors (Lipinski definition) is 0. The summed E-state index contributed by atoms with van der Waals surface area (Å²) in [5.41, 5.74) is 1.61. The molecule has 0 aliphatic carbocycles. The van der Waals surface area contributed by atoms with Gasteiger partial charge in [0.05, 0.1) is 13.7 Å². The normalized spacial score (nSPS) is 14.0. The van der Waals surface area contributed by atoms with E-state index in [0.717, 1.165) is 17.1 Å². The Morgan fingerprint density at radius 3 is 2.48 bits per heavy atom. The molecule has 0 unspecified atom stereocenters. The predicted molar refractivity (Wildman–Crippen MR) is 81.9 cm³/mol. The van der Waals surface area contributed by atoms with Crippen molar-refractivity contribution >= 4 is 11.7 Å². The third-order valence-electron chi connectivity index (χ3n) is 3.45. The van der Waals surface area contributed by atoms with Crippen LogP contribution in [0.1, 0.15) is 15.9 Å². The molecule has 1 aliphatic rings. The van der Waals surface area contributed by atoms with Crippen molar-refractivity contribution in [1.29, 1.82) is 0 Å². The second kappa shape index (κ2) is 5.79. The van der Waals surface area contributed by atoms with Crippen molar-refractivity contribution in [2.75, 3.05) is 20.2 Å². The first-order valence-corrected chi connectivity index (χ1v) is 6.85. The molecule has 106 valence electrons. The smallest absolute Gasteiger partial charge is 0.259 e. The zero-order valence-corrected chi connectivity index (χ0v) is 11.8. The van der Waals surface area contributed by atoms with E-state index in [2.05, 4.69) is 4.99 Å². The SMILES string of the molecule is COc1ccc(C(=O)N2CCN=C2c2ccccc2)cc1. The summed E-state index contributed by atoms with van der Waals surface area (Å²) in [6.45, 7) is 1.27. The van der Waals surface area contributed by atoms with Crippen molar-refractivity contribution in [2.45, 2.75) is 0 Å². The molecular weight excluding hydrogens is 264 g/mol. The molecule has 2 aromatic carbocycles. The zero-order valence-electron chi connectivity index (χ0n) is 11.8. The van der Waals surface area contributed by atoms with E-state index in [1.807, 2.05) is 30.3 Å². The number of amides is 1. The van der Waals surface area contributed by atoms with Crippen LogP contribution in [0.15, 0.2) is 59.6 Å². The van der Waals surface area contributed by atoms with Gasteiger partial charge in [-0.2, -0.15) is 0 Å². The molecule has 0 saturated heterocycles. The van der Waals surface area contributed by atoms with Crippen LogP contribution in [0, 0.1) is 0 Å². The molecule has 2 aromatic rings. The molecule has 1 aliphatic heterocycles. The van der Waals surface area contributed by atoms with Gasteiger partial charge in [-0.3, -0.25) is 14.7 Å². The minimum Gasteiger partial charge on any atom is -0.497 e. The van der Waals surface area contributed by atoms with Crippen LogP contribution >= 0.6 is 0 Å². The first-order valence-electron chi connectivity index (χ1n) is 6.85. The summed E-state index contributed by atoms with van der Waals surface area (Å²) in [6.07, 6.45) is 0.